The van der Waals surface area contributed by atoms with Crippen molar-refractivity contribution in [3.8, 4) is 0 Å². The number of nitrogens with zero attached hydrogens (tertiary/aromatic N) is 3. The van der Waals surface area contributed by atoms with Crippen LogP contribution in [0.2, 0.25) is 0 Å². The number of sulfonamides is 1. The maximum Gasteiger partial charge on any atom is 0.284 e. The number of hydrogen-bond acceptors (Lipinski definition) is 6. The first-order valence-corrected chi connectivity index (χ1v) is 12.8. The third kappa shape index (κ3) is 4.84. The second-order valence-electron chi connectivity index (χ2n) is 7.83. The van der Waals surface area contributed by atoms with E-state index in [1.165, 1.54) is 11.3 Å². The fourth-order valence-corrected chi connectivity index (χ4v) is 4.83. The van der Waals surface area contributed by atoms with Crippen LogP contribution >= 0.6 is 11.3 Å². The number of anilines is 2. The van der Waals surface area contributed by atoms with E-state index in [2.05, 4.69) is 9.82 Å². The van der Waals surface area contributed by atoms with Crippen molar-refractivity contribution < 1.29 is 13.2 Å². The highest BCUT2D eigenvalue weighted by molar-refractivity contribution is 7.92. The number of rotatable bonds is 6. The summed E-state index contributed by atoms with van der Waals surface area (Å²) in [6, 6.07) is 18.6. The highest BCUT2D eigenvalue weighted by Gasteiger charge is 2.34. The fourth-order valence-electron chi connectivity index (χ4n) is 3.62. The summed E-state index contributed by atoms with van der Waals surface area (Å²) in [5.74, 6) is -0.151. The van der Waals surface area contributed by atoms with Crippen molar-refractivity contribution >= 4 is 44.4 Å². The van der Waals surface area contributed by atoms with Crippen molar-refractivity contribution in [1.29, 1.82) is 0 Å². The minimum atomic E-state index is -3.39. The third-order valence-electron chi connectivity index (χ3n) is 5.14. The summed E-state index contributed by atoms with van der Waals surface area (Å²) < 4.78 is 25.7. The Morgan fingerprint density at radius 2 is 1.88 bits per heavy atom. The molecule has 0 spiro atoms. The van der Waals surface area contributed by atoms with E-state index in [9.17, 15) is 13.2 Å². The Morgan fingerprint density at radius 1 is 1.12 bits per heavy atom. The maximum absolute atomic E-state index is 13.2. The van der Waals surface area contributed by atoms with Gasteiger partial charge in [-0.25, -0.2) is 13.4 Å². The molecule has 1 aromatic heterocycles. The van der Waals surface area contributed by atoms with Crippen LogP contribution in [0.15, 0.2) is 71.1 Å². The van der Waals surface area contributed by atoms with E-state index in [0.29, 0.717) is 17.0 Å². The van der Waals surface area contributed by atoms with Gasteiger partial charge in [0, 0.05) is 31.9 Å². The van der Waals surface area contributed by atoms with Gasteiger partial charge in [0.2, 0.25) is 10.0 Å². The topological polar surface area (TPSA) is 82.1 Å². The first-order chi connectivity index (χ1) is 15.2. The normalized spacial score (nSPS) is 16.0. The predicted octanol–water partition coefficient (Wildman–Crippen LogP) is 4.18. The van der Waals surface area contributed by atoms with E-state index in [4.69, 9.17) is 0 Å². The average Bonchev–Trinajstić information content (AvgIpc) is 3.43. The van der Waals surface area contributed by atoms with E-state index < -0.39 is 10.0 Å². The highest BCUT2D eigenvalue weighted by atomic mass is 32.2. The van der Waals surface area contributed by atoms with Gasteiger partial charge in [-0.3, -0.25) is 9.52 Å². The van der Waals surface area contributed by atoms with Gasteiger partial charge in [-0.2, -0.15) is 5.10 Å². The van der Waals surface area contributed by atoms with Crippen LogP contribution in [0.4, 0.5) is 11.4 Å². The van der Waals surface area contributed by atoms with Gasteiger partial charge in [-0.15, -0.1) is 11.3 Å². The number of nitrogens with one attached hydrogen (secondary N) is 1. The molecule has 32 heavy (non-hydrogen) atoms. The SMILES string of the molecule is CN(C)c1ccc(C2CC(c3cccc(NS(C)(=O)=O)c3)=NN2C(=O)c2cccs2)cc1. The summed E-state index contributed by atoms with van der Waals surface area (Å²) in [5.41, 5.74) is 4.03. The quantitative estimate of drug-likeness (QED) is 0.589. The van der Waals surface area contributed by atoms with E-state index in [1.807, 2.05) is 60.8 Å². The molecule has 1 aliphatic heterocycles. The van der Waals surface area contributed by atoms with Crippen LogP contribution in [0.5, 0.6) is 0 Å². The van der Waals surface area contributed by atoms with Crippen LogP contribution in [0.1, 0.15) is 33.3 Å². The molecule has 4 rings (SSSR count). The van der Waals surface area contributed by atoms with E-state index >= 15 is 0 Å². The molecule has 0 bridgehead atoms. The number of thiophene rings is 1. The zero-order chi connectivity index (χ0) is 22.9. The highest BCUT2D eigenvalue weighted by Crippen LogP contribution is 2.35. The Kier molecular flexibility index (Phi) is 6.03. The van der Waals surface area contributed by atoms with Crippen molar-refractivity contribution in [3.63, 3.8) is 0 Å². The molecule has 0 saturated heterocycles. The van der Waals surface area contributed by atoms with Crippen molar-refractivity contribution in [1.82, 2.24) is 5.01 Å². The molecule has 166 valence electrons. The zero-order valence-electron chi connectivity index (χ0n) is 18.0. The van der Waals surface area contributed by atoms with Gasteiger partial charge in [-0.05, 0) is 46.8 Å². The number of hydrazone groups is 1. The smallest absolute Gasteiger partial charge is 0.284 e. The Bertz CT molecular complexity index is 1250. The lowest BCUT2D eigenvalue weighted by atomic mass is 9.98. The Labute approximate surface area is 192 Å². The fraction of sp³-hybridized carbons (Fsp3) is 0.217. The lowest BCUT2D eigenvalue weighted by molar-refractivity contribution is 0.0716. The molecule has 3 aromatic rings. The van der Waals surface area contributed by atoms with Crippen molar-refractivity contribution in [2.24, 2.45) is 5.10 Å². The molecule has 0 saturated carbocycles. The van der Waals surface area contributed by atoms with E-state index in [-0.39, 0.29) is 11.9 Å². The monoisotopic (exact) mass is 468 g/mol. The first-order valence-electron chi connectivity index (χ1n) is 10.0. The van der Waals surface area contributed by atoms with Gasteiger partial charge in [0.1, 0.15) is 0 Å². The van der Waals surface area contributed by atoms with Crippen LogP contribution in [0.25, 0.3) is 0 Å². The van der Waals surface area contributed by atoms with Crippen molar-refractivity contribution in [3.05, 3.63) is 82.0 Å². The molecular formula is C23H24N4O3S2. The van der Waals surface area contributed by atoms with Crippen LogP contribution in [-0.4, -0.2) is 45.4 Å². The standard InChI is InChI=1S/C23H24N4O3S2/c1-26(2)19-11-9-16(10-12-19)21-15-20(24-27(21)23(28)22-8-5-13-31-22)17-6-4-7-18(14-17)25-32(3,29)30/h4-14,21,25H,15H2,1-3H3. The molecule has 0 radical (unpaired) electrons. The molecule has 0 fully saturated rings. The molecule has 1 atom stereocenters. The van der Waals surface area contributed by atoms with Crippen LogP contribution in [0, 0.1) is 0 Å². The molecule has 9 heteroatoms. The number of amides is 1. The molecular weight excluding hydrogens is 444 g/mol. The van der Waals surface area contributed by atoms with E-state index in [0.717, 1.165) is 28.8 Å². The number of carbonyl (C=O) groups excluding carboxylic acids is 1. The van der Waals surface area contributed by atoms with Crippen LogP contribution < -0.4 is 9.62 Å². The number of carbonyl (C=O) groups is 1. The van der Waals surface area contributed by atoms with Gasteiger partial charge < -0.3 is 4.90 Å². The maximum atomic E-state index is 13.2. The number of hydrogen-bond donors (Lipinski definition) is 1. The summed E-state index contributed by atoms with van der Waals surface area (Å²) >= 11 is 1.38. The van der Waals surface area contributed by atoms with Gasteiger partial charge in [0.15, 0.2) is 0 Å². The average molecular weight is 469 g/mol. The molecule has 1 unspecified atom stereocenters. The van der Waals surface area contributed by atoms with Gasteiger partial charge in [0.25, 0.3) is 5.91 Å². The van der Waals surface area contributed by atoms with E-state index in [1.54, 1.807) is 29.3 Å². The van der Waals surface area contributed by atoms with Gasteiger partial charge >= 0.3 is 0 Å². The predicted molar refractivity (Wildman–Crippen MR) is 130 cm³/mol. The Morgan fingerprint density at radius 3 is 2.50 bits per heavy atom. The minimum Gasteiger partial charge on any atom is -0.378 e. The van der Waals surface area contributed by atoms with Crippen molar-refractivity contribution in [2.45, 2.75) is 12.5 Å². The summed E-state index contributed by atoms with van der Waals surface area (Å²) in [4.78, 5) is 15.9. The summed E-state index contributed by atoms with van der Waals surface area (Å²) in [6.45, 7) is 0. The lowest BCUT2D eigenvalue weighted by Crippen LogP contribution is -2.26. The Hall–Kier alpha value is -3.17. The molecule has 1 amide bonds. The summed E-state index contributed by atoms with van der Waals surface area (Å²) in [5, 5.41) is 8.10. The van der Waals surface area contributed by atoms with Gasteiger partial charge in [-0.1, -0.05) is 30.3 Å². The molecule has 1 aliphatic rings. The molecule has 1 N–H and O–H groups in total. The number of benzene rings is 2. The molecule has 0 aliphatic carbocycles. The second kappa shape index (κ2) is 8.76. The van der Waals surface area contributed by atoms with Gasteiger partial charge in [0.05, 0.1) is 22.9 Å². The Balaban J connectivity index is 1.69. The third-order valence-corrected chi connectivity index (χ3v) is 6.61. The molecule has 7 nitrogen and oxygen atoms in total. The largest absolute Gasteiger partial charge is 0.378 e. The van der Waals surface area contributed by atoms with Crippen molar-refractivity contribution in [2.75, 3.05) is 30.0 Å². The second-order valence-corrected chi connectivity index (χ2v) is 10.5. The summed E-state index contributed by atoms with van der Waals surface area (Å²) in [6.07, 6.45) is 1.64. The zero-order valence-corrected chi connectivity index (χ0v) is 19.7. The molecule has 2 heterocycles. The molecule has 2 aromatic carbocycles. The van der Waals surface area contributed by atoms with Crippen LogP contribution in [0.3, 0.4) is 0 Å². The summed E-state index contributed by atoms with van der Waals surface area (Å²) in [7, 11) is 0.571. The lowest BCUT2D eigenvalue weighted by Gasteiger charge is -2.22. The first kappa shape index (κ1) is 22.0. The minimum absolute atomic E-state index is 0.151. The van der Waals surface area contributed by atoms with Crippen LogP contribution in [-0.2, 0) is 10.0 Å².